The number of hydrogen-bond acceptors (Lipinski definition) is 4. The first-order valence-electron chi connectivity index (χ1n) is 7.88. The molecule has 0 aliphatic rings. The lowest BCUT2D eigenvalue weighted by Crippen LogP contribution is -2.30. The molecule has 0 aliphatic heterocycles. The van der Waals surface area contributed by atoms with Crippen molar-refractivity contribution in [3.8, 4) is 6.07 Å². The summed E-state index contributed by atoms with van der Waals surface area (Å²) in [4.78, 5) is 23.6. The molecule has 0 spiro atoms. The van der Waals surface area contributed by atoms with E-state index in [-0.39, 0.29) is 18.6 Å². The summed E-state index contributed by atoms with van der Waals surface area (Å²) in [7, 11) is 0. The molecule has 0 radical (unpaired) electrons. The molecular formula is C20H17BrN2O3. The van der Waals surface area contributed by atoms with Crippen LogP contribution < -0.4 is 5.32 Å². The Morgan fingerprint density at radius 2 is 1.85 bits per heavy atom. The van der Waals surface area contributed by atoms with Gasteiger partial charge in [-0.3, -0.25) is 4.79 Å². The van der Waals surface area contributed by atoms with Gasteiger partial charge in [-0.2, -0.15) is 5.26 Å². The summed E-state index contributed by atoms with van der Waals surface area (Å²) in [6.07, 6.45) is 2.80. The quantitative estimate of drug-likeness (QED) is 0.578. The summed E-state index contributed by atoms with van der Waals surface area (Å²) in [5, 5.41) is 11.5. The molecule has 2 aromatic carbocycles. The maximum absolute atomic E-state index is 11.9. The van der Waals surface area contributed by atoms with Gasteiger partial charge in [-0.15, -0.1) is 0 Å². The van der Waals surface area contributed by atoms with Crippen molar-refractivity contribution in [3.05, 3.63) is 75.8 Å². The van der Waals surface area contributed by atoms with Crippen molar-refractivity contribution in [1.82, 2.24) is 5.32 Å². The molecule has 2 rings (SSSR count). The van der Waals surface area contributed by atoms with E-state index < -0.39 is 5.97 Å². The molecule has 5 nitrogen and oxygen atoms in total. The van der Waals surface area contributed by atoms with Crippen LogP contribution in [0.5, 0.6) is 0 Å². The highest BCUT2D eigenvalue weighted by Gasteiger charge is 2.11. The standard InChI is InChI=1S/C20H17BrN2O3/c1-14(17-7-9-18(21)10-8-17)23-19(24)13-26-20(25)11-6-15-2-4-16(12-22)5-3-15/h2-11,14H,13H2,1H3,(H,23,24)/b11-6+/t14-/m1/s1. The lowest BCUT2D eigenvalue weighted by atomic mass is 10.1. The average molecular weight is 413 g/mol. The Labute approximate surface area is 160 Å². The molecule has 0 saturated heterocycles. The molecule has 2 aromatic rings. The SMILES string of the molecule is C[C@@H](NC(=O)COC(=O)/C=C/c1ccc(C#N)cc1)c1ccc(Br)cc1. The van der Waals surface area contributed by atoms with Gasteiger partial charge in [-0.05, 0) is 48.4 Å². The van der Waals surface area contributed by atoms with Gasteiger partial charge in [0.15, 0.2) is 6.61 Å². The third-order valence-electron chi connectivity index (χ3n) is 3.54. The number of nitrogens with one attached hydrogen (secondary N) is 1. The van der Waals surface area contributed by atoms with E-state index in [9.17, 15) is 9.59 Å². The monoisotopic (exact) mass is 412 g/mol. The van der Waals surface area contributed by atoms with Crippen LogP contribution in [0, 0.1) is 11.3 Å². The summed E-state index contributed by atoms with van der Waals surface area (Å²) in [6, 6.07) is 16.2. The number of benzene rings is 2. The predicted molar refractivity (Wildman–Crippen MR) is 102 cm³/mol. The number of nitriles is 1. The fourth-order valence-electron chi connectivity index (χ4n) is 2.14. The van der Waals surface area contributed by atoms with Crippen LogP contribution in [0.1, 0.15) is 29.7 Å². The van der Waals surface area contributed by atoms with Crippen molar-refractivity contribution in [2.75, 3.05) is 6.61 Å². The third kappa shape index (κ3) is 6.19. The van der Waals surface area contributed by atoms with Gasteiger partial charge in [0.05, 0.1) is 17.7 Å². The number of halogens is 1. The Morgan fingerprint density at radius 1 is 1.19 bits per heavy atom. The molecular weight excluding hydrogens is 396 g/mol. The number of esters is 1. The number of nitrogens with zero attached hydrogens (tertiary/aromatic N) is 1. The first kappa shape index (κ1) is 19.4. The molecule has 0 fully saturated rings. The van der Waals surface area contributed by atoms with E-state index in [2.05, 4.69) is 21.2 Å². The number of rotatable bonds is 6. The average Bonchev–Trinajstić information content (AvgIpc) is 2.65. The van der Waals surface area contributed by atoms with Gasteiger partial charge in [0.25, 0.3) is 5.91 Å². The van der Waals surface area contributed by atoms with E-state index in [4.69, 9.17) is 10.00 Å². The molecule has 0 unspecified atom stereocenters. The zero-order valence-corrected chi connectivity index (χ0v) is 15.7. The van der Waals surface area contributed by atoms with Gasteiger partial charge < -0.3 is 10.1 Å². The minimum Gasteiger partial charge on any atom is -0.452 e. The summed E-state index contributed by atoms with van der Waals surface area (Å²) >= 11 is 3.36. The van der Waals surface area contributed by atoms with Crippen molar-refractivity contribution in [1.29, 1.82) is 5.26 Å². The second-order valence-electron chi connectivity index (χ2n) is 5.52. The third-order valence-corrected chi connectivity index (χ3v) is 4.07. The Hall–Kier alpha value is -2.91. The maximum atomic E-state index is 11.9. The van der Waals surface area contributed by atoms with E-state index >= 15 is 0 Å². The molecule has 0 aliphatic carbocycles. The number of carbonyl (C=O) groups excluding carboxylic acids is 2. The van der Waals surface area contributed by atoms with Crippen molar-refractivity contribution in [2.45, 2.75) is 13.0 Å². The Balaban J connectivity index is 1.78. The molecule has 26 heavy (non-hydrogen) atoms. The lowest BCUT2D eigenvalue weighted by Gasteiger charge is -2.14. The second kappa shape index (κ2) is 9.54. The zero-order chi connectivity index (χ0) is 18.9. The Bertz CT molecular complexity index is 837. The summed E-state index contributed by atoms with van der Waals surface area (Å²) in [6.45, 7) is 1.51. The molecule has 132 valence electrons. The van der Waals surface area contributed by atoms with Crippen LogP contribution in [-0.2, 0) is 14.3 Å². The molecule has 0 heterocycles. The second-order valence-corrected chi connectivity index (χ2v) is 6.43. The first-order chi connectivity index (χ1) is 12.5. The molecule has 1 N–H and O–H groups in total. The molecule has 6 heteroatoms. The van der Waals surface area contributed by atoms with Crippen molar-refractivity contribution in [3.63, 3.8) is 0 Å². The number of hydrogen-bond donors (Lipinski definition) is 1. The fraction of sp³-hybridized carbons (Fsp3) is 0.150. The van der Waals surface area contributed by atoms with E-state index in [1.54, 1.807) is 30.3 Å². The van der Waals surface area contributed by atoms with Crippen LogP contribution in [0.3, 0.4) is 0 Å². The highest BCUT2D eigenvalue weighted by Crippen LogP contribution is 2.16. The highest BCUT2D eigenvalue weighted by atomic mass is 79.9. The predicted octanol–water partition coefficient (Wildman–Crippen LogP) is 3.75. The van der Waals surface area contributed by atoms with E-state index in [0.717, 1.165) is 15.6 Å². The van der Waals surface area contributed by atoms with E-state index in [0.29, 0.717) is 5.56 Å². The van der Waals surface area contributed by atoms with Crippen molar-refractivity contribution in [2.24, 2.45) is 0 Å². The lowest BCUT2D eigenvalue weighted by molar-refractivity contribution is -0.144. The Morgan fingerprint density at radius 3 is 2.46 bits per heavy atom. The van der Waals surface area contributed by atoms with Crippen LogP contribution in [0.25, 0.3) is 6.08 Å². The van der Waals surface area contributed by atoms with Gasteiger partial charge >= 0.3 is 5.97 Å². The van der Waals surface area contributed by atoms with Crippen LogP contribution in [-0.4, -0.2) is 18.5 Å². The topological polar surface area (TPSA) is 79.2 Å². The molecule has 1 atom stereocenters. The molecule has 1 amide bonds. The van der Waals surface area contributed by atoms with Gasteiger partial charge in [0.1, 0.15) is 0 Å². The maximum Gasteiger partial charge on any atom is 0.331 e. The fourth-order valence-corrected chi connectivity index (χ4v) is 2.40. The summed E-state index contributed by atoms with van der Waals surface area (Å²) < 4.78 is 5.89. The van der Waals surface area contributed by atoms with E-state index in [1.807, 2.05) is 37.3 Å². The van der Waals surface area contributed by atoms with Gasteiger partial charge in [0, 0.05) is 10.5 Å². The van der Waals surface area contributed by atoms with Crippen LogP contribution >= 0.6 is 15.9 Å². The normalized spacial score (nSPS) is 11.6. The van der Waals surface area contributed by atoms with Gasteiger partial charge in [-0.25, -0.2) is 4.79 Å². The van der Waals surface area contributed by atoms with Gasteiger partial charge in [-0.1, -0.05) is 40.2 Å². The number of amides is 1. The van der Waals surface area contributed by atoms with Crippen LogP contribution in [0.4, 0.5) is 0 Å². The highest BCUT2D eigenvalue weighted by molar-refractivity contribution is 9.10. The van der Waals surface area contributed by atoms with Crippen molar-refractivity contribution >= 4 is 33.9 Å². The van der Waals surface area contributed by atoms with Gasteiger partial charge in [0.2, 0.25) is 0 Å². The number of carbonyl (C=O) groups is 2. The minimum absolute atomic E-state index is 0.191. The molecule has 0 bridgehead atoms. The largest absolute Gasteiger partial charge is 0.452 e. The van der Waals surface area contributed by atoms with E-state index in [1.165, 1.54) is 6.08 Å². The summed E-state index contributed by atoms with van der Waals surface area (Å²) in [5.74, 6) is -0.985. The summed E-state index contributed by atoms with van der Waals surface area (Å²) in [5.41, 5.74) is 2.25. The van der Waals surface area contributed by atoms with Crippen LogP contribution in [0.15, 0.2) is 59.1 Å². The smallest absolute Gasteiger partial charge is 0.331 e. The Kier molecular flexibility index (Phi) is 7.12. The first-order valence-corrected chi connectivity index (χ1v) is 8.67. The van der Waals surface area contributed by atoms with Crippen LogP contribution in [0.2, 0.25) is 0 Å². The molecule has 0 saturated carbocycles. The zero-order valence-electron chi connectivity index (χ0n) is 14.1. The van der Waals surface area contributed by atoms with Crippen molar-refractivity contribution < 1.29 is 14.3 Å². The number of ether oxygens (including phenoxy) is 1. The molecule has 0 aromatic heterocycles. The minimum atomic E-state index is -0.610.